The van der Waals surface area contributed by atoms with E-state index in [0.717, 1.165) is 5.69 Å². The highest BCUT2D eigenvalue weighted by Gasteiger charge is 2.20. The van der Waals surface area contributed by atoms with Crippen molar-refractivity contribution in [3.8, 4) is 5.75 Å². The SMILES string of the molecule is CN(C)CC(C)(O)CNCc1ccc(O)cn1. The number of rotatable bonds is 6. The Bertz CT molecular complexity index is 336. The van der Waals surface area contributed by atoms with Gasteiger partial charge in [-0.2, -0.15) is 0 Å². The van der Waals surface area contributed by atoms with Gasteiger partial charge in [0.1, 0.15) is 5.75 Å². The Hall–Kier alpha value is -1.17. The standard InChI is InChI=1S/C12H21N3O2/c1-12(17,9-15(2)3)8-13-6-10-4-5-11(16)7-14-10/h4-5,7,13,16-17H,6,8-9H2,1-3H3. The predicted octanol–water partition coefficient (Wildman–Crippen LogP) is 0.189. The Morgan fingerprint density at radius 2 is 2.12 bits per heavy atom. The third-order valence-electron chi connectivity index (χ3n) is 2.28. The van der Waals surface area contributed by atoms with E-state index in [9.17, 15) is 5.11 Å². The highest BCUT2D eigenvalue weighted by Crippen LogP contribution is 2.06. The lowest BCUT2D eigenvalue weighted by Gasteiger charge is -2.27. The van der Waals surface area contributed by atoms with Crippen molar-refractivity contribution in [3.05, 3.63) is 24.0 Å². The van der Waals surface area contributed by atoms with Gasteiger partial charge in [0.05, 0.1) is 17.5 Å². The Morgan fingerprint density at radius 1 is 1.41 bits per heavy atom. The number of aromatic hydroxyl groups is 1. The van der Waals surface area contributed by atoms with Crippen LogP contribution >= 0.6 is 0 Å². The van der Waals surface area contributed by atoms with Gasteiger partial charge in [0.2, 0.25) is 0 Å². The summed E-state index contributed by atoms with van der Waals surface area (Å²) in [5.41, 5.74) is 0.0731. The zero-order valence-electron chi connectivity index (χ0n) is 10.6. The smallest absolute Gasteiger partial charge is 0.133 e. The minimum atomic E-state index is -0.763. The van der Waals surface area contributed by atoms with Gasteiger partial charge in [0.15, 0.2) is 0 Å². The first-order valence-corrected chi connectivity index (χ1v) is 5.61. The Labute approximate surface area is 102 Å². The van der Waals surface area contributed by atoms with E-state index in [1.165, 1.54) is 6.20 Å². The summed E-state index contributed by atoms with van der Waals surface area (Å²) in [6.07, 6.45) is 1.41. The minimum Gasteiger partial charge on any atom is -0.506 e. The Kier molecular flexibility index (Phi) is 4.86. The van der Waals surface area contributed by atoms with Crippen molar-refractivity contribution in [1.82, 2.24) is 15.2 Å². The number of likely N-dealkylation sites (N-methyl/N-ethyl adjacent to an activating group) is 1. The first kappa shape index (κ1) is 13.9. The molecular weight excluding hydrogens is 218 g/mol. The fraction of sp³-hybridized carbons (Fsp3) is 0.583. The number of aliphatic hydroxyl groups is 1. The fourth-order valence-electron chi connectivity index (χ4n) is 1.72. The first-order chi connectivity index (χ1) is 7.89. The normalized spacial score (nSPS) is 14.9. The summed E-state index contributed by atoms with van der Waals surface area (Å²) in [5.74, 6) is 0.161. The Morgan fingerprint density at radius 3 is 2.65 bits per heavy atom. The molecule has 1 aromatic rings. The molecule has 0 aliphatic heterocycles. The van der Waals surface area contributed by atoms with Crippen molar-refractivity contribution in [2.24, 2.45) is 0 Å². The number of hydrogen-bond acceptors (Lipinski definition) is 5. The number of nitrogens with one attached hydrogen (secondary N) is 1. The van der Waals surface area contributed by atoms with Crippen LogP contribution in [0.15, 0.2) is 18.3 Å². The largest absolute Gasteiger partial charge is 0.506 e. The second-order valence-corrected chi connectivity index (χ2v) is 4.85. The van der Waals surface area contributed by atoms with Crippen LogP contribution in [-0.2, 0) is 6.54 Å². The van der Waals surface area contributed by atoms with Crippen molar-refractivity contribution in [2.45, 2.75) is 19.1 Å². The molecule has 0 saturated carbocycles. The molecule has 0 spiro atoms. The van der Waals surface area contributed by atoms with E-state index in [1.54, 1.807) is 19.1 Å². The van der Waals surface area contributed by atoms with Crippen LogP contribution in [0.5, 0.6) is 5.75 Å². The lowest BCUT2D eigenvalue weighted by Crippen LogP contribution is -2.45. The van der Waals surface area contributed by atoms with Crippen molar-refractivity contribution in [1.29, 1.82) is 0 Å². The van der Waals surface area contributed by atoms with Crippen LogP contribution in [0.1, 0.15) is 12.6 Å². The second-order valence-electron chi connectivity index (χ2n) is 4.85. The third kappa shape index (κ3) is 5.63. The number of aromatic nitrogens is 1. The fourth-order valence-corrected chi connectivity index (χ4v) is 1.72. The molecule has 3 N–H and O–H groups in total. The zero-order chi connectivity index (χ0) is 12.9. The van der Waals surface area contributed by atoms with Crippen molar-refractivity contribution in [2.75, 3.05) is 27.2 Å². The molecule has 0 bridgehead atoms. The van der Waals surface area contributed by atoms with Gasteiger partial charge in [0.25, 0.3) is 0 Å². The summed E-state index contributed by atoms with van der Waals surface area (Å²) in [5, 5.41) is 22.3. The van der Waals surface area contributed by atoms with Crippen LogP contribution in [0.25, 0.3) is 0 Å². The van der Waals surface area contributed by atoms with E-state index in [0.29, 0.717) is 19.6 Å². The summed E-state index contributed by atoms with van der Waals surface area (Å²) in [6.45, 7) is 3.46. The molecular formula is C12H21N3O2. The van der Waals surface area contributed by atoms with E-state index in [1.807, 2.05) is 19.0 Å². The summed E-state index contributed by atoms with van der Waals surface area (Å²) in [7, 11) is 3.85. The van der Waals surface area contributed by atoms with Crippen LogP contribution in [0.4, 0.5) is 0 Å². The molecule has 0 saturated heterocycles. The van der Waals surface area contributed by atoms with E-state index in [-0.39, 0.29) is 5.75 Å². The Balaban J connectivity index is 2.34. The molecule has 96 valence electrons. The van der Waals surface area contributed by atoms with E-state index >= 15 is 0 Å². The van der Waals surface area contributed by atoms with E-state index in [4.69, 9.17) is 5.11 Å². The van der Waals surface area contributed by atoms with Gasteiger partial charge in [-0.05, 0) is 33.2 Å². The second kappa shape index (κ2) is 5.95. The molecule has 1 aromatic heterocycles. The monoisotopic (exact) mass is 239 g/mol. The third-order valence-corrected chi connectivity index (χ3v) is 2.28. The molecule has 0 aliphatic carbocycles. The van der Waals surface area contributed by atoms with Crippen LogP contribution in [0.2, 0.25) is 0 Å². The van der Waals surface area contributed by atoms with Crippen LogP contribution < -0.4 is 5.32 Å². The van der Waals surface area contributed by atoms with Gasteiger partial charge >= 0.3 is 0 Å². The van der Waals surface area contributed by atoms with Crippen molar-refractivity contribution in [3.63, 3.8) is 0 Å². The molecule has 0 amide bonds. The van der Waals surface area contributed by atoms with Crippen LogP contribution in [0, 0.1) is 0 Å². The number of hydrogen-bond donors (Lipinski definition) is 3. The van der Waals surface area contributed by atoms with Crippen LogP contribution in [-0.4, -0.2) is 52.9 Å². The quantitative estimate of drug-likeness (QED) is 0.661. The van der Waals surface area contributed by atoms with Crippen molar-refractivity contribution < 1.29 is 10.2 Å². The van der Waals surface area contributed by atoms with Gasteiger partial charge in [-0.15, -0.1) is 0 Å². The van der Waals surface area contributed by atoms with Gasteiger partial charge in [0, 0.05) is 19.6 Å². The molecule has 0 radical (unpaired) electrons. The van der Waals surface area contributed by atoms with E-state index < -0.39 is 5.60 Å². The van der Waals surface area contributed by atoms with Crippen molar-refractivity contribution >= 4 is 0 Å². The highest BCUT2D eigenvalue weighted by atomic mass is 16.3. The topological polar surface area (TPSA) is 68.6 Å². The number of nitrogens with zero attached hydrogens (tertiary/aromatic N) is 2. The van der Waals surface area contributed by atoms with Gasteiger partial charge < -0.3 is 20.4 Å². The molecule has 1 rings (SSSR count). The highest BCUT2D eigenvalue weighted by molar-refractivity contribution is 5.17. The maximum absolute atomic E-state index is 10.0. The van der Waals surface area contributed by atoms with Gasteiger partial charge in [-0.25, -0.2) is 0 Å². The molecule has 1 unspecified atom stereocenters. The summed E-state index contributed by atoms with van der Waals surface area (Å²) < 4.78 is 0. The molecule has 1 heterocycles. The summed E-state index contributed by atoms with van der Waals surface area (Å²) in [6, 6.07) is 3.35. The molecule has 17 heavy (non-hydrogen) atoms. The average Bonchev–Trinajstić information content (AvgIpc) is 2.18. The molecule has 0 fully saturated rings. The van der Waals surface area contributed by atoms with E-state index in [2.05, 4.69) is 10.3 Å². The molecule has 0 aromatic carbocycles. The minimum absolute atomic E-state index is 0.161. The molecule has 5 heteroatoms. The number of pyridine rings is 1. The summed E-state index contributed by atoms with van der Waals surface area (Å²) >= 11 is 0. The molecule has 0 aliphatic rings. The lowest BCUT2D eigenvalue weighted by molar-refractivity contribution is 0.0335. The van der Waals surface area contributed by atoms with Gasteiger partial charge in [-0.3, -0.25) is 4.98 Å². The first-order valence-electron chi connectivity index (χ1n) is 5.61. The maximum Gasteiger partial charge on any atom is 0.133 e. The average molecular weight is 239 g/mol. The van der Waals surface area contributed by atoms with Crippen LogP contribution in [0.3, 0.4) is 0 Å². The summed E-state index contributed by atoms with van der Waals surface area (Å²) in [4.78, 5) is 6.00. The maximum atomic E-state index is 10.0. The lowest BCUT2D eigenvalue weighted by atomic mass is 10.1. The van der Waals surface area contributed by atoms with Gasteiger partial charge in [-0.1, -0.05) is 0 Å². The predicted molar refractivity (Wildman–Crippen MR) is 66.8 cm³/mol. The zero-order valence-corrected chi connectivity index (χ0v) is 10.6. The molecule has 5 nitrogen and oxygen atoms in total. The molecule has 1 atom stereocenters.